The Morgan fingerprint density at radius 3 is 2.79 bits per heavy atom. The van der Waals surface area contributed by atoms with E-state index in [1.54, 1.807) is 18.2 Å². The van der Waals surface area contributed by atoms with Crippen molar-refractivity contribution >= 4 is 5.82 Å². The maximum atomic E-state index is 9.54. The monoisotopic (exact) mass is 256 g/mol. The number of hydrazine groups is 1. The fourth-order valence-corrected chi connectivity index (χ4v) is 2.49. The second kappa shape index (κ2) is 4.85. The fourth-order valence-electron chi connectivity index (χ4n) is 2.49. The predicted octanol–water partition coefficient (Wildman–Crippen LogP) is 2.01. The van der Waals surface area contributed by atoms with Crippen LogP contribution < -0.4 is 11.3 Å². The molecule has 0 spiro atoms. The molecule has 3 rings (SSSR count). The Morgan fingerprint density at radius 1 is 1.16 bits per heavy atom. The lowest BCUT2D eigenvalue weighted by Gasteiger charge is -2.18. The van der Waals surface area contributed by atoms with Gasteiger partial charge in [0.05, 0.1) is 0 Å². The Kier molecular flexibility index (Phi) is 3.05. The molecule has 1 aromatic heterocycles. The summed E-state index contributed by atoms with van der Waals surface area (Å²) in [5.41, 5.74) is 5.65. The first kappa shape index (κ1) is 11.9. The molecule has 0 saturated heterocycles. The maximum Gasteiger partial charge on any atom is 0.161 e. The van der Waals surface area contributed by atoms with Crippen molar-refractivity contribution in [2.45, 2.75) is 25.7 Å². The number of aromatic nitrogens is 2. The average molecular weight is 256 g/mol. The van der Waals surface area contributed by atoms with Crippen molar-refractivity contribution in [3.05, 3.63) is 35.5 Å². The quantitative estimate of drug-likeness (QED) is 0.565. The van der Waals surface area contributed by atoms with Gasteiger partial charge in [-0.05, 0) is 37.8 Å². The number of rotatable bonds is 2. The van der Waals surface area contributed by atoms with Gasteiger partial charge in [0, 0.05) is 16.8 Å². The highest BCUT2D eigenvalue weighted by Gasteiger charge is 2.17. The fraction of sp³-hybridized carbons (Fsp3) is 0.286. The molecule has 0 amide bonds. The van der Waals surface area contributed by atoms with Crippen LogP contribution in [0.15, 0.2) is 24.3 Å². The van der Waals surface area contributed by atoms with Gasteiger partial charge < -0.3 is 10.5 Å². The molecule has 5 heteroatoms. The van der Waals surface area contributed by atoms with E-state index in [1.165, 1.54) is 0 Å². The van der Waals surface area contributed by atoms with Crippen molar-refractivity contribution in [3.63, 3.8) is 0 Å². The van der Waals surface area contributed by atoms with Crippen molar-refractivity contribution in [2.75, 3.05) is 5.43 Å². The summed E-state index contributed by atoms with van der Waals surface area (Å²) >= 11 is 0. The summed E-state index contributed by atoms with van der Waals surface area (Å²) in [6.45, 7) is 0. The molecule has 0 bridgehead atoms. The zero-order valence-electron chi connectivity index (χ0n) is 10.6. The molecule has 0 atom stereocenters. The summed E-state index contributed by atoms with van der Waals surface area (Å²) in [6.07, 6.45) is 4.22. The highest BCUT2D eigenvalue weighted by atomic mass is 16.3. The number of aryl methyl sites for hydroxylation is 1. The first-order chi connectivity index (χ1) is 9.28. The molecule has 5 nitrogen and oxygen atoms in total. The van der Waals surface area contributed by atoms with Crippen LogP contribution in [-0.2, 0) is 12.8 Å². The second-order valence-electron chi connectivity index (χ2n) is 4.72. The number of nitrogen functional groups attached to an aromatic ring is 1. The Balaban J connectivity index is 2.12. The molecule has 98 valence electrons. The lowest BCUT2D eigenvalue weighted by Crippen LogP contribution is -2.17. The number of hydrogen-bond donors (Lipinski definition) is 3. The van der Waals surface area contributed by atoms with Gasteiger partial charge in [0.15, 0.2) is 5.82 Å². The minimum absolute atomic E-state index is 0.209. The van der Waals surface area contributed by atoms with Gasteiger partial charge in [-0.2, -0.15) is 0 Å². The summed E-state index contributed by atoms with van der Waals surface area (Å²) in [5, 5.41) is 9.54. The van der Waals surface area contributed by atoms with Gasteiger partial charge in [-0.25, -0.2) is 15.8 Å². The molecule has 19 heavy (non-hydrogen) atoms. The summed E-state index contributed by atoms with van der Waals surface area (Å²) in [6, 6.07) is 6.95. The number of nitrogens with zero attached hydrogens (tertiary/aromatic N) is 2. The zero-order valence-corrected chi connectivity index (χ0v) is 10.6. The molecular weight excluding hydrogens is 240 g/mol. The van der Waals surface area contributed by atoms with Crippen molar-refractivity contribution in [1.29, 1.82) is 0 Å². The molecule has 1 aromatic carbocycles. The summed E-state index contributed by atoms with van der Waals surface area (Å²) in [7, 11) is 0. The molecular formula is C14H16N4O. The molecule has 0 aliphatic heterocycles. The standard InChI is InChI=1S/C14H16N4O/c15-18-14-11-6-1-2-7-12(11)16-13(17-14)9-4-3-5-10(19)8-9/h3-5,8,19H,1-2,6-7,15H2,(H,16,17,18). The molecule has 1 aliphatic carbocycles. The van der Waals surface area contributed by atoms with E-state index >= 15 is 0 Å². The number of phenolic OH excluding ortho intramolecular Hbond substituents is 1. The SMILES string of the molecule is NNc1nc(-c2cccc(O)c2)nc2c1CCCC2. The van der Waals surface area contributed by atoms with Gasteiger partial charge in [0.1, 0.15) is 11.6 Å². The predicted molar refractivity (Wildman–Crippen MR) is 73.6 cm³/mol. The van der Waals surface area contributed by atoms with Crippen molar-refractivity contribution in [3.8, 4) is 17.1 Å². The zero-order chi connectivity index (χ0) is 13.2. The van der Waals surface area contributed by atoms with Crippen LogP contribution in [0.3, 0.4) is 0 Å². The van der Waals surface area contributed by atoms with Crippen LogP contribution in [-0.4, -0.2) is 15.1 Å². The molecule has 0 saturated carbocycles. The van der Waals surface area contributed by atoms with Gasteiger partial charge in [0.25, 0.3) is 0 Å². The van der Waals surface area contributed by atoms with Crippen LogP contribution in [0.4, 0.5) is 5.82 Å². The summed E-state index contributed by atoms with van der Waals surface area (Å²) < 4.78 is 0. The van der Waals surface area contributed by atoms with Gasteiger partial charge in [-0.3, -0.25) is 0 Å². The van der Waals surface area contributed by atoms with Crippen molar-refractivity contribution in [2.24, 2.45) is 5.84 Å². The third-order valence-electron chi connectivity index (χ3n) is 3.42. The molecule has 1 aliphatic rings. The van der Waals surface area contributed by atoms with Crippen LogP contribution in [0, 0.1) is 0 Å². The Hall–Kier alpha value is -2.14. The molecule has 0 fully saturated rings. The summed E-state index contributed by atoms with van der Waals surface area (Å²) in [4.78, 5) is 9.07. The van der Waals surface area contributed by atoms with E-state index in [1.807, 2.05) is 6.07 Å². The molecule has 4 N–H and O–H groups in total. The van der Waals surface area contributed by atoms with Crippen LogP contribution >= 0.6 is 0 Å². The number of nitrogens with one attached hydrogen (secondary N) is 1. The lowest BCUT2D eigenvalue weighted by molar-refractivity contribution is 0.475. The first-order valence-corrected chi connectivity index (χ1v) is 6.44. The van der Waals surface area contributed by atoms with Gasteiger partial charge in [0.2, 0.25) is 0 Å². The number of benzene rings is 1. The average Bonchev–Trinajstić information content (AvgIpc) is 2.46. The van der Waals surface area contributed by atoms with Crippen LogP contribution in [0.5, 0.6) is 5.75 Å². The number of anilines is 1. The number of hydrogen-bond acceptors (Lipinski definition) is 5. The van der Waals surface area contributed by atoms with Gasteiger partial charge in [-0.15, -0.1) is 0 Å². The van der Waals surface area contributed by atoms with E-state index in [9.17, 15) is 5.11 Å². The smallest absolute Gasteiger partial charge is 0.161 e. The number of phenols is 1. The Morgan fingerprint density at radius 2 is 2.00 bits per heavy atom. The van der Waals surface area contributed by atoms with E-state index in [2.05, 4.69) is 15.4 Å². The minimum atomic E-state index is 0.209. The Labute approximate surface area is 111 Å². The minimum Gasteiger partial charge on any atom is -0.508 e. The Bertz CT molecular complexity index is 595. The van der Waals surface area contributed by atoms with Gasteiger partial charge >= 0.3 is 0 Å². The lowest BCUT2D eigenvalue weighted by atomic mass is 9.96. The highest BCUT2D eigenvalue weighted by Crippen LogP contribution is 2.28. The topological polar surface area (TPSA) is 84.1 Å². The third kappa shape index (κ3) is 2.24. The van der Waals surface area contributed by atoms with Crippen LogP contribution in [0.25, 0.3) is 11.4 Å². The van der Waals surface area contributed by atoms with Gasteiger partial charge in [-0.1, -0.05) is 12.1 Å². The third-order valence-corrected chi connectivity index (χ3v) is 3.42. The molecule has 2 aromatic rings. The summed E-state index contributed by atoms with van der Waals surface area (Å²) in [5.74, 6) is 7.07. The number of fused-ring (bicyclic) bond motifs is 1. The molecule has 0 radical (unpaired) electrons. The van der Waals surface area contributed by atoms with Crippen LogP contribution in [0.2, 0.25) is 0 Å². The van der Waals surface area contributed by atoms with Crippen LogP contribution in [0.1, 0.15) is 24.1 Å². The van der Waals surface area contributed by atoms with E-state index in [-0.39, 0.29) is 5.75 Å². The van der Waals surface area contributed by atoms with E-state index in [0.717, 1.165) is 42.5 Å². The van der Waals surface area contributed by atoms with Crippen molar-refractivity contribution in [1.82, 2.24) is 9.97 Å². The first-order valence-electron chi connectivity index (χ1n) is 6.44. The highest BCUT2D eigenvalue weighted by molar-refractivity contribution is 5.61. The second-order valence-corrected chi connectivity index (χ2v) is 4.72. The normalized spacial score (nSPS) is 13.9. The number of nitrogens with two attached hydrogens (primary N) is 1. The molecule has 0 unspecified atom stereocenters. The van der Waals surface area contributed by atoms with E-state index < -0.39 is 0 Å². The largest absolute Gasteiger partial charge is 0.508 e. The van der Waals surface area contributed by atoms with E-state index in [4.69, 9.17) is 5.84 Å². The van der Waals surface area contributed by atoms with Crippen molar-refractivity contribution < 1.29 is 5.11 Å². The maximum absolute atomic E-state index is 9.54. The van der Waals surface area contributed by atoms with E-state index in [0.29, 0.717) is 11.6 Å². The molecule has 1 heterocycles. The number of aromatic hydroxyl groups is 1.